The molecule has 0 saturated heterocycles. The monoisotopic (exact) mass is 458 g/mol. The van der Waals surface area contributed by atoms with Crippen molar-refractivity contribution in [1.29, 1.82) is 0 Å². The van der Waals surface area contributed by atoms with Crippen molar-refractivity contribution in [2.45, 2.75) is 0 Å². The Labute approximate surface area is 160 Å². The van der Waals surface area contributed by atoms with Crippen LogP contribution in [0, 0.1) is 0 Å². The third-order valence-corrected chi connectivity index (χ3v) is 7.08. The molecule has 0 saturated carbocycles. The smallest absolute Gasteiger partial charge is 0.421 e. The van der Waals surface area contributed by atoms with Gasteiger partial charge in [0.1, 0.15) is 0 Å². The molecule has 114 valence electrons. The van der Waals surface area contributed by atoms with Crippen LogP contribution in [0.4, 0.5) is 0 Å². The second-order valence-corrected chi connectivity index (χ2v) is 16.1. The number of benzene rings is 3. The Morgan fingerprint density at radius 1 is 0.565 bits per heavy atom. The van der Waals surface area contributed by atoms with Gasteiger partial charge in [-0.1, -0.05) is 91.0 Å². The molecule has 0 aliphatic carbocycles. The maximum Gasteiger partial charge on any atom is 0.560 e. The SMILES string of the molecule is O[Si](c1ccccc1)(c1ccccc1)c1ccccc1.[Br][Mg][Br]. The topological polar surface area (TPSA) is 20.2 Å². The highest BCUT2D eigenvalue weighted by Crippen LogP contribution is 2.03. The molecule has 3 aromatic rings. The van der Waals surface area contributed by atoms with Crippen molar-refractivity contribution >= 4 is 65.7 Å². The van der Waals surface area contributed by atoms with Crippen molar-refractivity contribution < 1.29 is 4.80 Å². The molecule has 0 heterocycles. The predicted octanol–water partition coefficient (Wildman–Crippen LogP) is 2.96. The molecule has 0 amide bonds. The van der Waals surface area contributed by atoms with Gasteiger partial charge in [0.05, 0.1) is 0 Å². The van der Waals surface area contributed by atoms with E-state index in [1.165, 1.54) is 0 Å². The summed E-state index contributed by atoms with van der Waals surface area (Å²) in [6.07, 6.45) is 0. The molecule has 0 atom stereocenters. The molecule has 23 heavy (non-hydrogen) atoms. The fraction of sp³-hybridized carbons (Fsp3) is 0. The molecule has 0 aliphatic rings. The Hall–Kier alpha value is -0.437. The van der Waals surface area contributed by atoms with Gasteiger partial charge in [0.2, 0.25) is 0 Å². The Morgan fingerprint density at radius 2 is 0.783 bits per heavy atom. The van der Waals surface area contributed by atoms with Gasteiger partial charge in [0.25, 0.3) is 8.32 Å². The molecule has 0 bridgehead atoms. The Kier molecular flexibility index (Phi) is 8.02. The molecule has 3 aromatic carbocycles. The average Bonchev–Trinajstić information content (AvgIpc) is 2.64. The standard InChI is InChI=1S/C18H16OSi.2BrH.Mg/c19-20(16-10-4-1-5-11-16,17-12-6-2-7-13-17)18-14-8-3-9-15-18;;;/h1-15,19H;2*1H;/q;;;+2/p-2. The molecule has 3 rings (SSSR count). The summed E-state index contributed by atoms with van der Waals surface area (Å²) in [5.74, 6) is 0. The van der Waals surface area contributed by atoms with Crippen molar-refractivity contribution in [3.8, 4) is 0 Å². The molecule has 1 N–H and O–H groups in total. The van der Waals surface area contributed by atoms with Gasteiger partial charge >= 0.3 is 16.0 Å². The zero-order valence-electron chi connectivity index (χ0n) is 12.6. The Bertz CT molecular complexity index is 599. The fourth-order valence-corrected chi connectivity index (χ4v) is 5.56. The van der Waals surface area contributed by atoms with Crippen LogP contribution in [-0.4, -0.2) is 29.1 Å². The predicted molar refractivity (Wildman–Crippen MR) is 110 cm³/mol. The van der Waals surface area contributed by atoms with Gasteiger partial charge in [-0.3, -0.25) is 25.8 Å². The van der Waals surface area contributed by atoms with Crippen molar-refractivity contribution in [3.63, 3.8) is 0 Å². The van der Waals surface area contributed by atoms with Gasteiger partial charge in [-0.15, -0.1) is 0 Å². The van der Waals surface area contributed by atoms with E-state index >= 15 is 0 Å². The molecule has 0 aromatic heterocycles. The van der Waals surface area contributed by atoms with Crippen LogP contribution in [0.3, 0.4) is 0 Å². The van der Waals surface area contributed by atoms with Crippen LogP contribution >= 0.6 is 25.8 Å². The number of rotatable bonds is 3. The van der Waals surface area contributed by atoms with Crippen molar-refractivity contribution in [3.05, 3.63) is 91.0 Å². The summed E-state index contributed by atoms with van der Waals surface area (Å²) in [5, 5.41) is 3.03. The summed E-state index contributed by atoms with van der Waals surface area (Å²) < 4.78 is 0. The summed E-state index contributed by atoms with van der Waals surface area (Å²) >= 11 is 6.44. The van der Waals surface area contributed by atoms with Crippen LogP contribution in [-0.2, 0) is 0 Å². The maximum atomic E-state index is 11.6. The molecule has 0 radical (unpaired) electrons. The van der Waals surface area contributed by atoms with Crippen LogP contribution in [0.15, 0.2) is 91.0 Å². The molecule has 5 heteroatoms. The van der Waals surface area contributed by atoms with E-state index in [1.807, 2.05) is 91.0 Å². The lowest BCUT2D eigenvalue weighted by atomic mass is 10.3. The third-order valence-electron chi connectivity index (χ3n) is 3.57. The van der Waals surface area contributed by atoms with Gasteiger partial charge in [-0.25, -0.2) is 0 Å². The van der Waals surface area contributed by atoms with E-state index in [9.17, 15) is 4.80 Å². The quantitative estimate of drug-likeness (QED) is 0.471. The highest BCUT2D eigenvalue weighted by atomic mass is 79.9. The minimum Gasteiger partial charge on any atom is -0.421 e. The highest BCUT2D eigenvalue weighted by molar-refractivity contribution is 9.47. The van der Waals surface area contributed by atoms with Gasteiger partial charge in [-0.05, 0) is 15.6 Å². The van der Waals surface area contributed by atoms with Gasteiger partial charge < -0.3 is 4.80 Å². The van der Waals surface area contributed by atoms with Crippen molar-refractivity contribution in [2.24, 2.45) is 0 Å². The largest absolute Gasteiger partial charge is 0.560 e. The molecule has 1 nitrogen and oxygen atoms in total. The first-order valence-electron chi connectivity index (χ1n) is 7.24. The second kappa shape index (κ2) is 9.76. The lowest BCUT2D eigenvalue weighted by Gasteiger charge is -2.26. The van der Waals surface area contributed by atoms with Crippen molar-refractivity contribution in [2.75, 3.05) is 0 Å². The maximum absolute atomic E-state index is 11.6. The van der Waals surface area contributed by atoms with Crippen LogP contribution in [0.25, 0.3) is 0 Å². The summed E-state index contributed by atoms with van der Waals surface area (Å²) in [7, 11) is -2.88. The second-order valence-electron chi connectivity index (χ2n) is 4.91. The number of hydrogen-bond acceptors (Lipinski definition) is 1. The van der Waals surface area contributed by atoms with E-state index in [-0.39, 0.29) is 16.0 Å². The van der Waals surface area contributed by atoms with E-state index < -0.39 is 8.32 Å². The van der Waals surface area contributed by atoms with Gasteiger partial charge in [0, 0.05) is 0 Å². The third kappa shape index (κ3) is 4.78. The normalized spacial score (nSPS) is 10.2. The molecular weight excluding hydrogens is 444 g/mol. The van der Waals surface area contributed by atoms with Crippen LogP contribution in [0.1, 0.15) is 0 Å². The summed E-state index contributed by atoms with van der Waals surface area (Å²) in [5.41, 5.74) is 0. The lowest BCUT2D eigenvalue weighted by molar-refractivity contribution is 0.583. The molecule has 0 spiro atoms. The van der Waals surface area contributed by atoms with E-state index in [2.05, 4.69) is 25.8 Å². The zero-order valence-corrected chi connectivity index (χ0v) is 18.2. The van der Waals surface area contributed by atoms with Gasteiger partial charge in [0.15, 0.2) is 0 Å². The molecular formula is C18H16Br2MgOSi. The van der Waals surface area contributed by atoms with Gasteiger partial charge in [-0.2, -0.15) is 0 Å². The Morgan fingerprint density at radius 3 is 1.00 bits per heavy atom. The molecule has 0 fully saturated rings. The summed E-state index contributed by atoms with van der Waals surface area (Å²) in [6.45, 7) is 0. The molecule has 0 aliphatic heterocycles. The Balaban J connectivity index is 0.000000595. The zero-order chi connectivity index (χ0) is 16.5. The van der Waals surface area contributed by atoms with E-state index in [0.29, 0.717) is 0 Å². The summed E-state index contributed by atoms with van der Waals surface area (Å²) in [6, 6.07) is 30.0. The van der Waals surface area contributed by atoms with E-state index in [1.54, 1.807) is 0 Å². The minimum absolute atomic E-state index is 0.0417. The number of halogens is 2. The lowest BCUT2D eigenvalue weighted by Crippen LogP contribution is -2.67. The fourth-order valence-electron chi connectivity index (χ4n) is 2.54. The first-order valence-corrected chi connectivity index (χ1v) is 17.0. The van der Waals surface area contributed by atoms with Crippen LogP contribution in [0.5, 0.6) is 0 Å². The van der Waals surface area contributed by atoms with E-state index in [4.69, 9.17) is 0 Å². The van der Waals surface area contributed by atoms with Crippen LogP contribution in [0.2, 0.25) is 0 Å². The molecule has 0 unspecified atom stereocenters. The first-order chi connectivity index (χ1) is 11.2. The first kappa shape index (κ1) is 18.9. The summed E-state index contributed by atoms with van der Waals surface area (Å²) in [4.78, 5) is 11.6. The highest BCUT2D eigenvalue weighted by Gasteiger charge is 2.37. The van der Waals surface area contributed by atoms with Crippen molar-refractivity contribution in [1.82, 2.24) is 0 Å². The van der Waals surface area contributed by atoms with E-state index in [0.717, 1.165) is 15.6 Å². The number of hydrogen-bond donors (Lipinski definition) is 1. The van der Waals surface area contributed by atoms with Crippen LogP contribution < -0.4 is 15.6 Å². The minimum atomic E-state index is -2.88. The average molecular weight is 461 g/mol.